The van der Waals surface area contributed by atoms with Crippen molar-refractivity contribution in [1.82, 2.24) is 5.32 Å². The highest BCUT2D eigenvalue weighted by Gasteiger charge is 2.17. The van der Waals surface area contributed by atoms with E-state index in [0.717, 1.165) is 25.9 Å². The minimum Gasteiger partial charge on any atom is -0.396 e. The van der Waals surface area contributed by atoms with Crippen LogP contribution >= 0.6 is 15.9 Å². The third-order valence-electron chi connectivity index (χ3n) is 3.10. The van der Waals surface area contributed by atoms with Gasteiger partial charge in [0.15, 0.2) is 0 Å². The van der Waals surface area contributed by atoms with Gasteiger partial charge in [0.05, 0.1) is 17.4 Å². The van der Waals surface area contributed by atoms with Gasteiger partial charge in [-0.2, -0.15) is 0 Å². The lowest BCUT2D eigenvalue weighted by Crippen LogP contribution is -2.35. The van der Waals surface area contributed by atoms with E-state index in [4.69, 9.17) is 10.5 Å². The summed E-state index contributed by atoms with van der Waals surface area (Å²) in [5.41, 5.74) is 5.75. The summed E-state index contributed by atoms with van der Waals surface area (Å²) in [6, 6.07) is 2.53. The fourth-order valence-corrected chi connectivity index (χ4v) is 2.51. The minimum absolute atomic E-state index is 0.0396. The molecule has 4 nitrogen and oxygen atoms in total. The molecule has 0 radical (unpaired) electrons. The Kier molecular flexibility index (Phi) is 4.76. The smallest absolute Gasteiger partial charge is 0.252 e. The molecule has 0 saturated carbocycles. The number of hydrogen-bond acceptors (Lipinski definition) is 3. The minimum atomic E-state index is -0.543. The highest BCUT2D eigenvalue weighted by molar-refractivity contribution is 9.10. The standard InChI is InChI=1S/C13H16BrFN2O2/c14-10-6-11(15)12(16)5-9(10)13(18)17-7-8-3-1-2-4-19-8/h5-6,8H,1-4,7,16H2,(H,17,18). The van der Waals surface area contributed by atoms with Crippen LogP contribution in [0.2, 0.25) is 0 Å². The van der Waals surface area contributed by atoms with Gasteiger partial charge in [0, 0.05) is 17.6 Å². The summed E-state index contributed by atoms with van der Waals surface area (Å²) in [6.07, 6.45) is 3.21. The van der Waals surface area contributed by atoms with Crippen molar-refractivity contribution in [2.45, 2.75) is 25.4 Å². The molecule has 3 N–H and O–H groups in total. The lowest BCUT2D eigenvalue weighted by molar-refractivity contribution is 0.0169. The molecule has 1 fully saturated rings. The maximum Gasteiger partial charge on any atom is 0.252 e. The van der Waals surface area contributed by atoms with E-state index >= 15 is 0 Å². The van der Waals surface area contributed by atoms with Crippen molar-refractivity contribution in [2.24, 2.45) is 0 Å². The summed E-state index contributed by atoms with van der Waals surface area (Å²) in [6.45, 7) is 1.20. The van der Waals surface area contributed by atoms with Crippen LogP contribution < -0.4 is 11.1 Å². The van der Waals surface area contributed by atoms with Crippen molar-refractivity contribution < 1.29 is 13.9 Å². The molecule has 6 heteroatoms. The van der Waals surface area contributed by atoms with E-state index < -0.39 is 5.82 Å². The summed E-state index contributed by atoms with van der Waals surface area (Å²) >= 11 is 3.16. The van der Waals surface area contributed by atoms with Crippen LogP contribution in [0.4, 0.5) is 10.1 Å². The van der Waals surface area contributed by atoms with E-state index in [9.17, 15) is 9.18 Å². The number of anilines is 1. The topological polar surface area (TPSA) is 64.4 Å². The Morgan fingerprint density at radius 3 is 3.00 bits per heavy atom. The average Bonchev–Trinajstić information content (AvgIpc) is 2.41. The Balaban J connectivity index is 1.97. The zero-order valence-electron chi connectivity index (χ0n) is 10.4. The Morgan fingerprint density at radius 1 is 1.53 bits per heavy atom. The fraction of sp³-hybridized carbons (Fsp3) is 0.462. The van der Waals surface area contributed by atoms with E-state index in [0.29, 0.717) is 16.6 Å². The van der Waals surface area contributed by atoms with Gasteiger partial charge in [-0.15, -0.1) is 0 Å². The number of rotatable bonds is 3. The van der Waals surface area contributed by atoms with E-state index in [1.807, 2.05) is 0 Å². The van der Waals surface area contributed by atoms with Gasteiger partial charge in [-0.1, -0.05) is 0 Å². The first-order chi connectivity index (χ1) is 9.08. The van der Waals surface area contributed by atoms with Gasteiger partial charge >= 0.3 is 0 Å². The lowest BCUT2D eigenvalue weighted by Gasteiger charge is -2.22. The molecule has 0 aromatic heterocycles. The molecular formula is C13H16BrFN2O2. The number of ether oxygens (including phenoxy) is 1. The maximum atomic E-state index is 13.2. The predicted molar refractivity (Wildman–Crippen MR) is 74.4 cm³/mol. The van der Waals surface area contributed by atoms with Gasteiger partial charge in [0.1, 0.15) is 5.82 Å². The molecule has 0 aliphatic carbocycles. The Bertz CT molecular complexity index is 476. The van der Waals surface area contributed by atoms with Crippen molar-refractivity contribution in [3.05, 3.63) is 28.0 Å². The molecule has 1 aromatic rings. The molecular weight excluding hydrogens is 315 g/mol. The van der Waals surface area contributed by atoms with Crippen LogP contribution in [0.15, 0.2) is 16.6 Å². The van der Waals surface area contributed by atoms with Gasteiger partial charge in [-0.05, 0) is 47.3 Å². The molecule has 1 aliphatic heterocycles. The summed E-state index contributed by atoms with van der Waals surface area (Å²) in [4.78, 5) is 12.0. The Hall–Kier alpha value is -1.14. The van der Waals surface area contributed by atoms with Gasteiger partial charge < -0.3 is 15.8 Å². The van der Waals surface area contributed by atoms with Crippen LogP contribution in [0.25, 0.3) is 0 Å². The average molecular weight is 331 g/mol. The highest BCUT2D eigenvalue weighted by Crippen LogP contribution is 2.22. The van der Waals surface area contributed by atoms with Crippen molar-refractivity contribution in [1.29, 1.82) is 0 Å². The van der Waals surface area contributed by atoms with Crippen LogP contribution in [0.5, 0.6) is 0 Å². The van der Waals surface area contributed by atoms with Crippen molar-refractivity contribution >= 4 is 27.5 Å². The van der Waals surface area contributed by atoms with Crippen molar-refractivity contribution in [3.8, 4) is 0 Å². The third kappa shape index (κ3) is 3.67. The van der Waals surface area contributed by atoms with Gasteiger partial charge in [-0.25, -0.2) is 4.39 Å². The number of nitrogens with two attached hydrogens (primary N) is 1. The van der Waals surface area contributed by atoms with Crippen LogP contribution in [0.1, 0.15) is 29.6 Å². The lowest BCUT2D eigenvalue weighted by atomic mass is 10.1. The third-order valence-corrected chi connectivity index (χ3v) is 3.75. The summed E-state index contributed by atoms with van der Waals surface area (Å²) < 4.78 is 19.1. The second kappa shape index (κ2) is 6.34. The molecule has 1 heterocycles. The number of carbonyl (C=O) groups excluding carboxylic acids is 1. The van der Waals surface area contributed by atoms with Crippen molar-refractivity contribution in [3.63, 3.8) is 0 Å². The second-order valence-corrected chi connectivity index (χ2v) is 5.41. The molecule has 1 amide bonds. The summed E-state index contributed by atoms with van der Waals surface area (Å²) in [5.74, 6) is -0.827. The normalized spacial score (nSPS) is 19.2. The molecule has 0 bridgehead atoms. The number of carbonyl (C=O) groups is 1. The first-order valence-corrected chi connectivity index (χ1v) is 7.01. The quantitative estimate of drug-likeness (QED) is 0.837. The molecule has 19 heavy (non-hydrogen) atoms. The summed E-state index contributed by atoms with van der Waals surface area (Å²) in [7, 11) is 0. The number of benzene rings is 1. The highest BCUT2D eigenvalue weighted by atomic mass is 79.9. The molecule has 1 unspecified atom stereocenters. The maximum absolute atomic E-state index is 13.2. The Morgan fingerprint density at radius 2 is 2.32 bits per heavy atom. The zero-order chi connectivity index (χ0) is 13.8. The van der Waals surface area contributed by atoms with Crippen LogP contribution in [0, 0.1) is 5.82 Å². The van der Waals surface area contributed by atoms with Gasteiger partial charge in [0.25, 0.3) is 5.91 Å². The number of halogens is 2. The van der Waals surface area contributed by atoms with Gasteiger partial charge in [0.2, 0.25) is 0 Å². The number of nitrogen functional groups attached to an aromatic ring is 1. The van der Waals surface area contributed by atoms with E-state index in [1.54, 1.807) is 0 Å². The van der Waals surface area contributed by atoms with Crippen LogP contribution in [-0.4, -0.2) is 25.2 Å². The second-order valence-electron chi connectivity index (χ2n) is 4.55. The molecule has 1 aliphatic rings. The molecule has 2 rings (SSSR count). The first kappa shape index (κ1) is 14.3. The zero-order valence-corrected chi connectivity index (χ0v) is 12.0. The molecule has 0 spiro atoms. The largest absolute Gasteiger partial charge is 0.396 e. The monoisotopic (exact) mass is 330 g/mol. The molecule has 1 atom stereocenters. The molecule has 104 valence electrons. The Labute approximate surface area is 119 Å². The van der Waals surface area contributed by atoms with E-state index in [-0.39, 0.29) is 17.7 Å². The van der Waals surface area contributed by atoms with Crippen molar-refractivity contribution in [2.75, 3.05) is 18.9 Å². The SMILES string of the molecule is Nc1cc(C(=O)NCC2CCCCO2)c(Br)cc1F. The molecule has 1 aromatic carbocycles. The predicted octanol–water partition coefficient (Wildman–Crippen LogP) is 2.47. The fourth-order valence-electron chi connectivity index (χ4n) is 2.01. The number of hydrogen-bond donors (Lipinski definition) is 2. The van der Waals surface area contributed by atoms with Gasteiger partial charge in [-0.3, -0.25) is 4.79 Å². The van der Waals surface area contributed by atoms with Crippen LogP contribution in [0.3, 0.4) is 0 Å². The van der Waals surface area contributed by atoms with E-state index in [1.165, 1.54) is 12.1 Å². The number of amides is 1. The molecule has 1 saturated heterocycles. The number of nitrogens with one attached hydrogen (secondary N) is 1. The van der Waals surface area contributed by atoms with E-state index in [2.05, 4.69) is 21.2 Å². The first-order valence-electron chi connectivity index (χ1n) is 6.22. The van der Waals surface area contributed by atoms with Crippen LogP contribution in [-0.2, 0) is 4.74 Å². The summed E-state index contributed by atoms with van der Waals surface area (Å²) in [5, 5.41) is 2.78.